The lowest BCUT2D eigenvalue weighted by molar-refractivity contribution is -0.132. The van der Waals surface area contributed by atoms with Gasteiger partial charge in [0.1, 0.15) is 0 Å². The normalized spacial score (nSPS) is 18.3. The van der Waals surface area contributed by atoms with Crippen molar-refractivity contribution < 1.29 is 18.0 Å². The number of hydrogen-bond donors (Lipinski definition) is 1. The molecule has 4 nitrogen and oxygen atoms in total. The minimum Gasteiger partial charge on any atom is -0.343 e. The van der Waals surface area contributed by atoms with E-state index >= 15 is 0 Å². The molecule has 2 aliphatic rings. The third-order valence-corrected chi connectivity index (χ3v) is 7.12. The Morgan fingerprint density at radius 2 is 1.88 bits per heavy atom. The number of halogens is 3. The molecule has 34 heavy (non-hydrogen) atoms. The Balaban J connectivity index is 0.00000281. The summed E-state index contributed by atoms with van der Waals surface area (Å²) in [6.07, 6.45) is 6.65. The Morgan fingerprint density at radius 1 is 1.24 bits per heavy atom. The number of nitrogens with two attached hydrogens (primary N) is 1. The van der Waals surface area contributed by atoms with E-state index < -0.39 is 11.7 Å². The first-order valence-electron chi connectivity index (χ1n) is 12.7. The second-order valence-corrected chi connectivity index (χ2v) is 10.3. The van der Waals surface area contributed by atoms with Gasteiger partial charge in [0.15, 0.2) is 0 Å². The molecule has 0 radical (unpaired) electrons. The van der Waals surface area contributed by atoms with Gasteiger partial charge in [0.25, 0.3) is 0 Å². The van der Waals surface area contributed by atoms with Crippen molar-refractivity contribution >= 4 is 17.9 Å². The fourth-order valence-electron chi connectivity index (χ4n) is 3.95. The van der Waals surface area contributed by atoms with E-state index in [1.54, 1.807) is 12.2 Å². The van der Waals surface area contributed by atoms with Gasteiger partial charge in [-0.25, -0.2) is 4.31 Å². The standard InChI is InChI=1S/C24H38F3N3OS.C2H6/c1-4-14-30(32-22-7-5-6-19(9-11-22)24(25,26)27)21-12-15-29(16-13-21)23(31)17-20(28)10-8-18(2)3;1-2/h5-7,11,18,20-21H,4,8-10,12-17,28H2,1-3H3;1-2H3. The van der Waals surface area contributed by atoms with E-state index in [1.807, 2.05) is 18.7 Å². The second kappa shape index (κ2) is 15.7. The van der Waals surface area contributed by atoms with Gasteiger partial charge in [-0.05, 0) is 62.5 Å². The molecule has 2 rings (SSSR count). The van der Waals surface area contributed by atoms with E-state index in [9.17, 15) is 18.0 Å². The number of amides is 1. The van der Waals surface area contributed by atoms with E-state index in [2.05, 4.69) is 25.1 Å². The summed E-state index contributed by atoms with van der Waals surface area (Å²) in [6, 6.07) is 0.213. The highest BCUT2D eigenvalue weighted by atomic mass is 32.2. The highest BCUT2D eigenvalue weighted by Crippen LogP contribution is 2.34. The first-order chi connectivity index (χ1) is 16.1. The van der Waals surface area contributed by atoms with Gasteiger partial charge in [0, 0.05) is 48.6 Å². The van der Waals surface area contributed by atoms with Crippen LogP contribution in [0.1, 0.15) is 79.6 Å². The van der Waals surface area contributed by atoms with Crippen molar-refractivity contribution in [2.45, 2.75) is 97.8 Å². The zero-order valence-electron chi connectivity index (χ0n) is 21.5. The summed E-state index contributed by atoms with van der Waals surface area (Å²) in [5.74, 6) is 0.720. The quantitative estimate of drug-likeness (QED) is 0.331. The zero-order valence-corrected chi connectivity index (χ0v) is 22.4. The summed E-state index contributed by atoms with van der Waals surface area (Å²) in [7, 11) is 0. The van der Waals surface area contributed by atoms with Crippen LogP contribution in [-0.4, -0.2) is 53.0 Å². The maximum absolute atomic E-state index is 13.0. The summed E-state index contributed by atoms with van der Waals surface area (Å²) in [5, 5.41) is 0. The van der Waals surface area contributed by atoms with Gasteiger partial charge >= 0.3 is 6.18 Å². The van der Waals surface area contributed by atoms with Crippen LogP contribution in [0.3, 0.4) is 0 Å². The maximum Gasteiger partial charge on any atom is 0.412 e. The Hall–Kier alpha value is -1.25. The highest BCUT2D eigenvalue weighted by molar-refractivity contribution is 8.01. The molecule has 0 saturated carbocycles. The second-order valence-electron chi connectivity index (χ2n) is 9.14. The van der Waals surface area contributed by atoms with Crippen molar-refractivity contribution in [2.24, 2.45) is 11.7 Å². The Morgan fingerprint density at radius 3 is 2.44 bits per heavy atom. The fourth-order valence-corrected chi connectivity index (χ4v) is 5.15. The van der Waals surface area contributed by atoms with Crippen LogP contribution in [-0.2, 0) is 4.79 Å². The summed E-state index contributed by atoms with van der Waals surface area (Å²) >= 11 is 1.54. The van der Waals surface area contributed by atoms with E-state index in [-0.39, 0.29) is 18.4 Å². The summed E-state index contributed by atoms with van der Waals surface area (Å²) in [6.45, 7) is 12.7. The smallest absolute Gasteiger partial charge is 0.343 e. The van der Waals surface area contributed by atoms with Gasteiger partial charge in [-0.3, -0.25) is 4.79 Å². The average molecular weight is 504 g/mol. The van der Waals surface area contributed by atoms with Crippen molar-refractivity contribution in [3.05, 3.63) is 34.8 Å². The molecule has 1 saturated heterocycles. The largest absolute Gasteiger partial charge is 0.412 e. The molecule has 0 aromatic heterocycles. The molecule has 196 valence electrons. The molecule has 1 aliphatic heterocycles. The Labute approximate surface area is 209 Å². The van der Waals surface area contributed by atoms with Crippen molar-refractivity contribution in [3.8, 4) is 0 Å². The Bertz CT molecular complexity index is 696. The molecular weight excluding hydrogens is 459 g/mol. The van der Waals surface area contributed by atoms with Gasteiger partial charge in [-0.1, -0.05) is 52.8 Å². The number of rotatable bonds is 10. The SMILES string of the molecule is CC.CCCN(SC1=CCC(C(F)(F)F)=CC=C1)C1CCN(C(=O)CC(N)CCC(C)C)CC1. The third kappa shape index (κ3) is 11.0. The molecule has 1 amide bonds. The van der Waals surface area contributed by atoms with Crippen molar-refractivity contribution in [1.29, 1.82) is 0 Å². The molecule has 0 bridgehead atoms. The van der Waals surface area contributed by atoms with Crippen LogP contribution in [0.15, 0.2) is 34.8 Å². The summed E-state index contributed by atoms with van der Waals surface area (Å²) in [4.78, 5) is 15.4. The molecule has 0 aromatic carbocycles. The lowest BCUT2D eigenvalue weighted by atomic mass is 10.00. The molecule has 0 aromatic rings. The number of likely N-dealkylation sites (tertiary alicyclic amines) is 1. The molecule has 1 atom stereocenters. The van der Waals surface area contributed by atoms with Crippen LogP contribution in [0.4, 0.5) is 13.2 Å². The molecule has 2 N–H and O–H groups in total. The minimum atomic E-state index is -4.29. The van der Waals surface area contributed by atoms with Crippen LogP contribution in [0, 0.1) is 5.92 Å². The monoisotopic (exact) mass is 503 g/mol. The zero-order chi connectivity index (χ0) is 25.7. The topological polar surface area (TPSA) is 49.6 Å². The molecule has 1 unspecified atom stereocenters. The molecule has 1 fully saturated rings. The number of nitrogens with zero attached hydrogens (tertiary/aromatic N) is 2. The van der Waals surface area contributed by atoms with Crippen molar-refractivity contribution in [2.75, 3.05) is 19.6 Å². The summed E-state index contributed by atoms with van der Waals surface area (Å²) in [5.41, 5.74) is 5.63. The van der Waals surface area contributed by atoms with Crippen LogP contribution >= 0.6 is 11.9 Å². The molecule has 1 aliphatic carbocycles. The van der Waals surface area contributed by atoms with Gasteiger partial charge < -0.3 is 10.6 Å². The maximum atomic E-state index is 13.0. The van der Waals surface area contributed by atoms with Crippen LogP contribution in [0.2, 0.25) is 0 Å². The molecule has 0 spiro atoms. The minimum absolute atomic E-state index is 0.0843. The molecular formula is C26H44F3N3OS. The predicted octanol–water partition coefficient (Wildman–Crippen LogP) is 6.85. The number of alkyl halides is 3. The predicted molar refractivity (Wildman–Crippen MR) is 138 cm³/mol. The van der Waals surface area contributed by atoms with Gasteiger partial charge in [-0.2, -0.15) is 13.2 Å². The van der Waals surface area contributed by atoms with Crippen LogP contribution < -0.4 is 5.73 Å². The number of carbonyl (C=O) groups excluding carboxylic acids is 1. The summed E-state index contributed by atoms with van der Waals surface area (Å²) < 4.78 is 41.3. The van der Waals surface area contributed by atoms with E-state index in [1.165, 1.54) is 18.0 Å². The van der Waals surface area contributed by atoms with Crippen molar-refractivity contribution in [3.63, 3.8) is 0 Å². The lowest BCUT2D eigenvalue weighted by Gasteiger charge is -2.38. The number of piperidine rings is 1. The van der Waals surface area contributed by atoms with Crippen LogP contribution in [0.5, 0.6) is 0 Å². The number of hydrogen-bond acceptors (Lipinski definition) is 4. The van der Waals surface area contributed by atoms with E-state index in [0.717, 1.165) is 49.6 Å². The van der Waals surface area contributed by atoms with Crippen molar-refractivity contribution in [1.82, 2.24) is 9.21 Å². The third-order valence-electron chi connectivity index (χ3n) is 5.89. The average Bonchev–Trinajstić information content (AvgIpc) is 3.04. The number of carbonyl (C=O) groups is 1. The van der Waals surface area contributed by atoms with Gasteiger partial charge in [-0.15, -0.1) is 0 Å². The first-order valence-corrected chi connectivity index (χ1v) is 13.5. The fraction of sp³-hybridized carbons (Fsp3) is 0.731. The lowest BCUT2D eigenvalue weighted by Crippen LogP contribution is -2.46. The van der Waals surface area contributed by atoms with Gasteiger partial charge in [0.05, 0.1) is 0 Å². The highest BCUT2D eigenvalue weighted by Gasteiger charge is 2.33. The van der Waals surface area contributed by atoms with Crippen LogP contribution in [0.25, 0.3) is 0 Å². The first kappa shape index (κ1) is 30.8. The molecule has 1 heterocycles. The van der Waals surface area contributed by atoms with Gasteiger partial charge in [0.2, 0.25) is 5.91 Å². The Kier molecular flexibility index (Phi) is 14.2. The molecule has 8 heteroatoms. The van der Waals surface area contributed by atoms with E-state index in [0.29, 0.717) is 31.5 Å². The number of allylic oxidation sites excluding steroid dienone is 5. The van der Waals surface area contributed by atoms with E-state index in [4.69, 9.17) is 5.73 Å².